The van der Waals surface area contributed by atoms with Gasteiger partial charge in [0.1, 0.15) is 0 Å². The Hall–Kier alpha value is -1.12. The lowest BCUT2D eigenvalue weighted by Crippen LogP contribution is -2.44. The molecular formula is C23H36IN3O2. The zero-order chi connectivity index (χ0) is 19.4. The van der Waals surface area contributed by atoms with E-state index in [0.29, 0.717) is 5.92 Å². The highest BCUT2D eigenvalue weighted by molar-refractivity contribution is 14.0. The molecule has 0 bridgehead atoms. The summed E-state index contributed by atoms with van der Waals surface area (Å²) in [5.41, 5.74) is 2.83. The second-order valence-electron chi connectivity index (χ2n) is 7.66. The maximum atomic E-state index is 5.85. The maximum absolute atomic E-state index is 5.85. The van der Waals surface area contributed by atoms with Gasteiger partial charge in [0.25, 0.3) is 0 Å². The Bertz CT molecular complexity index is 620. The molecule has 2 heterocycles. The molecule has 0 amide bonds. The van der Waals surface area contributed by atoms with E-state index >= 15 is 0 Å². The second-order valence-corrected chi connectivity index (χ2v) is 7.66. The number of halogens is 1. The number of nitrogens with zero attached hydrogens (tertiary/aromatic N) is 2. The van der Waals surface area contributed by atoms with Gasteiger partial charge in [-0.3, -0.25) is 4.99 Å². The molecule has 2 aliphatic heterocycles. The van der Waals surface area contributed by atoms with Gasteiger partial charge >= 0.3 is 0 Å². The van der Waals surface area contributed by atoms with E-state index < -0.39 is 0 Å². The van der Waals surface area contributed by atoms with Crippen molar-refractivity contribution in [3.63, 3.8) is 0 Å². The molecule has 1 aromatic carbocycles. The van der Waals surface area contributed by atoms with E-state index in [4.69, 9.17) is 9.47 Å². The number of aliphatic imine (C=N–C) groups is 1. The number of piperidine rings is 1. The van der Waals surface area contributed by atoms with Crippen molar-refractivity contribution in [3.05, 3.63) is 41.5 Å². The van der Waals surface area contributed by atoms with E-state index in [1.165, 1.54) is 11.1 Å². The fourth-order valence-corrected chi connectivity index (χ4v) is 3.80. The molecule has 0 saturated carbocycles. The fraction of sp³-hybridized carbons (Fsp3) is 0.609. The third-order valence-corrected chi connectivity index (χ3v) is 5.53. The van der Waals surface area contributed by atoms with Gasteiger partial charge in [0, 0.05) is 53.1 Å². The van der Waals surface area contributed by atoms with E-state index in [1.54, 1.807) is 0 Å². The molecule has 1 N–H and O–H groups in total. The number of hydrogen-bond acceptors (Lipinski definition) is 3. The standard InChI is InChI=1S/C23H35N3O2.HI/c1-24-23(25-12-5-15-28-19-22-10-16-27-17-11-22)26-13-8-21(9-14-26)18-20-6-3-2-4-7-20;/h2-4,6-7,18,22H,5,8-17,19H2,1H3,(H,24,25);1H. The van der Waals surface area contributed by atoms with Gasteiger partial charge in [-0.2, -0.15) is 0 Å². The molecule has 1 aromatic rings. The van der Waals surface area contributed by atoms with Gasteiger partial charge in [0.2, 0.25) is 0 Å². The second kappa shape index (κ2) is 14.0. The van der Waals surface area contributed by atoms with Crippen LogP contribution in [0.15, 0.2) is 40.9 Å². The molecule has 0 aliphatic carbocycles. The van der Waals surface area contributed by atoms with Crippen molar-refractivity contribution in [3.8, 4) is 0 Å². The highest BCUT2D eigenvalue weighted by Crippen LogP contribution is 2.19. The minimum Gasteiger partial charge on any atom is -0.381 e. The maximum Gasteiger partial charge on any atom is 0.193 e. The quantitative estimate of drug-likeness (QED) is 0.257. The zero-order valence-electron chi connectivity index (χ0n) is 17.6. The number of benzene rings is 1. The first-order valence-electron chi connectivity index (χ1n) is 10.7. The number of rotatable bonds is 7. The molecule has 5 nitrogen and oxygen atoms in total. The molecule has 0 radical (unpaired) electrons. The number of likely N-dealkylation sites (tertiary alicyclic amines) is 1. The third-order valence-electron chi connectivity index (χ3n) is 5.53. The third kappa shape index (κ3) is 8.64. The van der Waals surface area contributed by atoms with Gasteiger partial charge in [-0.05, 0) is 43.6 Å². The van der Waals surface area contributed by atoms with Gasteiger partial charge in [-0.15, -0.1) is 24.0 Å². The largest absolute Gasteiger partial charge is 0.381 e. The SMILES string of the molecule is CN=C(NCCCOCC1CCOCC1)N1CCC(=Cc2ccccc2)CC1.I. The predicted molar refractivity (Wildman–Crippen MR) is 131 cm³/mol. The van der Waals surface area contributed by atoms with Gasteiger partial charge in [0.05, 0.1) is 0 Å². The van der Waals surface area contributed by atoms with Crippen molar-refractivity contribution >= 4 is 36.0 Å². The first-order valence-corrected chi connectivity index (χ1v) is 10.7. The van der Waals surface area contributed by atoms with Gasteiger partial charge in [-0.25, -0.2) is 0 Å². The predicted octanol–water partition coefficient (Wildman–Crippen LogP) is 4.19. The number of ether oxygens (including phenoxy) is 2. The zero-order valence-corrected chi connectivity index (χ0v) is 20.0. The average molecular weight is 513 g/mol. The van der Waals surface area contributed by atoms with Crippen LogP contribution >= 0.6 is 24.0 Å². The van der Waals surface area contributed by atoms with Crippen molar-refractivity contribution < 1.29 is 9.47 Å². The number of nitrogens with one attached hydrogen (secondary N) is 1. The molecule has 0 aromatic heterocycles. The molecule has 2 saturated heterocycles. The van der Waals surface area contributed by atoms with Crippen LogP contribution in [0, 0.1) is 5.92 Å². The summed E-state index contributed by atoms with van der Waals surface area (Å²) in [5, 5.41) is 3.50. The Kier molecular flexibility index (Phi) is 11.6. The molecule has 2 aliphatic rings. The Morgan fingerprint density at radius 3 is 2.62 bits per heavy atom. The van der Waals surface area contributed by atoms with E-state index in [-0.39, 0.29) is 24.0 Å². The highest BCUT2D eigenvalue weighted by atomic mass is 127. The topological polar surface area (TPSA) is 46.1 Å². The normalized spacial score (nSPS) is 18.3. The summed E-state index contributed by atoms with van der Waals surface area (Å²) in [7, 11) is 1.87. The van der Waals surface area contributed by atoms with Crippen LogP contribution in [0.25, 0.3) is 6.08 Å². The van der Waals surface area contributed by atoms with Crippen LogP contribution < -0.4 is 5.32 Å². The first kappa shape index (κ1) is 24.2. The number of guanidine groups is 1. The lowest BCUT2D eigenvalue weighted by atomic mass is 10.0. The highest BCUT2D eigenvalue weighted by Gasteiger charge is 2.17. The summed E-state index contributed by atoms with van der Waals surface area (Å²) in [6.45, 7) is 6.43. The molecule has 6 heteroatoms. The van der Waals surface area contributed by atoms with Crippen LogP contribution in [0.5, 0.6) is 0 Å². The summed E-state index contributed by atoms with van der Waals surface area (Å²) in [6.07, 6.45) is 7.83. The first-order chi connectivity index (χ1) is 13.8. The molecule has 0 atom stereocenters. The van der Waals surface area contributed by atoms with Crippen molar-refractivity contribution in [2.75, 3.05) is 53.1 Å². The molecule has 3 rings (SSSR count). The van der Waals surface area contributed by atoms with E-state index in [0.717, 1.165) is 84.1 Å². The summed E-state index contributed by atoms with van der Waals surface area (Å²) < 4.78 is 11.2. The Morgan fingerprint density at radius 1 is 1.21 bits per heavy atom. The lowest BCUT2D eigenvalue weighted by molar-refractivity contribution is 0.0203. The van der Waals surface area contributed by atoms with Crippen molar-refractivity contribution in [2.45, 2.75) is 32.1 Å². The van der Waals surface area contributed by atoms with Crippen LogP contribution in [0.2, 0.25) is 0 Å². The average Bonchev–Trinajstić information content (AvgIpc) is 2.75. The van der Waals surface area contributed by atoms with E-state index in [9.17, 15) is 0 Å². The van der Waals surface area contributed by atoms with Gasteiger partial charge in [-0.1, -0.05) is 42.0 Å². The van der Waals surface area contributed by atoms with Crippen molar-refractivity contribution in [1.29, 1.82) is 0 Å². The molecule has 0 spiro atoms. The Morgan fingerprint density at radius 2 is 1.93 bits per heavy atom. The molecular weight excluding hydrogens is 477 g/mol. The van der Waals surface area contributed by atoms with E-state index in [2.05, 4.69) is 51.6 Å². The Balaban J connectivity index is 0.00000300. The van der Waals surface area contributed by atoms with Crippen LogP contribution in [0.1, 0.15) is 37.7 Å². The van der Waals surface area contributed by atoms with Crippen LogP contribution in [-0.2, 0) is 9.47 Å². The lowest BCUT2D eigenvalue weighted by Gasteiger charge is -2.31. The molecule has 0 unspecified atom stereocenters. The minimum absolute atomic E-state index is 0. The van der Waals surface area contributed by atoms with Crippen molar-refractivity contribution in [1.82, 2.24) is 10.2 Å². The molecule has 29 heavy (non-hydrogen) atoms. The van der Waals surface area contributed by atoms with Crippen LogP contribution in [-0.4, -0.2) is 64.0 Å². The molecule has 162 valence electrons. The number of hydrogen-bond donors (Lipinski definition) is 1. The van der Waals surface area contributed by atoms with Crippen LogP contribution in [0.3, 0.4) is 0 Å². The van der Waals surface area contributed by atoms with Gasteiger partial charge in [0.15, 0.2) is 5.96 Å². The minimum atomic E-state index is 0. The monoisotopic (exact) mass is 513 g/mol. The van der Waals surface area contributed by atoms with Crippen LogP contribution in [0.4, 0.5) is 0 Å². The molecule has 2 fully saturated rings. The smallest absolute Gasteiger partial charge is 0.193 e. The van der Waals surface area contributed by atoms with Crippen molar-refractivity contribution in [2.24, 2.45) is 10.9 Å². The van der Waals surface area contributed by atoms with E-state index in [1.807, 2.05) is 7.05 Å². The summed E-state index contributed by atoms with van der Waals surface area (Å²) in [4.78, 5) is 6.84. The summed E-state index contributed by atoms with van der Waals surface area (Å²) >= 11 is 0. The summed E-state index contributed by atoms with van der Waals surface area (Å²) in [6, 6.07) is 10.6. The summed E-state index contributed by atoms with van der Waals surface area (Å²) in [5.74, 6) is 1.70. The fourth-order valence-electron chi connectivity index (χ4n) is 3.80. The van der Waals surface area contributed by atoms with Gasteiger partial charge < -0.3 is 19.7 Å². The Labute approximate surface area is 193 Å².